The molecule has 0 aliphatic rings. The van der Waals surface area contributed by atoms with Crippen molar-refractivity contribution >= 4 is 40.0 Å². The average molecular weight is 501 g/mol. The van der Waals surface area contributed by atoms with Gasteiger partial charge in [-0.2, -0.15) is 0 Å². The average Bonchev–Trinajstić information content (AvgIpc) is 3.43. The summed E-state index contributed by atoms with van der Waals surface area (Å²) in [5, 5.41) is 12.5. The molecule has 0 saturated heterocycles. The molecule has 0 spiro atoms. The summed E-state index contributed by atoms with van der Waals surface area (Å²) in [6, 6.07) is 9.53. The topological polar surface area (TPSA) is 95.3 Å². The van der Waals surface area contributed by atoms with E-state index < -0.39 is 5.97 Å². The van der Waals surface area contributed by atoms with Crippen LogP contribution in [0.3, 0.4) is 0 Å². The van der Waals surface area contributed by atoms with Crippen molar-refractivity contribution in [3.05, 3.63) is 64.8 Å². The molecule has 0 saturated carbocycles. The van der Waals surface area contributed by atoms with Crippen LogP contribution in [-0.4, -0.2) is 39.5 Å². The molecule has 3 rings (SSSR count). The maximum absolute atomic E-state index is 12.7. The zero-order chi connectivity index (χ0) is 24.7. The van der Waals surface area contributed by atoms with Crippen molar-refractivity contribution in [3.63, 3.8) is 0 Å². The molecule has 3 aromatic rings. The second-order valence-corrected chi connectivity index (χ2v) is 9.48. The summed E-state index contributed by atoms with van der Waals surface area (Å²) in [7, 11) is 1.32. The van der Waals surface area contributed by atoms with Crippen molar-refractivity contribution in [1.29, 1.82) is 0 Å². The molecule has 1 amide bonds. The van der Waals surface area contributed by atoms with Gasteiger partial charge in [-0.05, 0) is 38.0 Å². The van der Waals surface area contributed by atoms with Crippen LogP contribution in [0.5, 0.6) is 5.75 Å². The lowest BCUT2D eigenvalue weighted by atomic mass is 10.2. The first kappa shape index (κ1) is 25.5. The van der Waals surface area contributed by atoms with Gasteiger partial charge in [-0.1, -0.05) is 43.0 Å². The predicted octanol–water partition coefficient (Wildman–Crippen LogP) is 5.05. The highest BCUT2D eigenvalue weighted by atomic mass is 32.2. The highest BCUT2D eigenvalue weighted by Crippen LogP contribution is 2.30. The van der Waals surface area contributed by atoms with Gasteiger partial charge in [0.15, 0.2) is 17.1 Å². The Morgan fingerprint density at radius 1 is 1.32 bits per heavy atom. The van der Waals surface area contributed by atoms with E-state index in [1.807, 2.05) is 49.6 Å². The number of carbonyl (C=O) groups is 2. The normalized spacial score (nSPS) is 11.6. The van der Waals surface area contributed by atoms with E-state index in [0.29, 0.717) is 28.1 Å². The van der Waals surface area contributed by atoms with Gasteiger partial charge in [0.1, 0.15) is 10.8 Å². The number of para-hydroxylation sites is 1. The third-order valence-electron chi connectivity index (χ3n) is 4.94. The Morgan fingerprint density at radius 3 is 2.76 bits per heavy atom. The van der Waals surface area contributed by atoms with Gasteiger partial charge in [-0.3, -0.25) is 9.36 Å². The van der Waals surface area contributed by atoms with Crippen molar-refractivity contribution < 1.29 is 19.1 Å². The number of hydrogen-bond acceptors (Lipinski definition) is 8. The van der Waals surface area contributed by atoms with Crippen LogP contribution in [-0.2, 0) is 22.5 Å². The fourth-order valence-corrected chi connectivity index (χ4v) is 4.96. The van der Waals surface area contributed by atoms with Crippen molar-refractivity contribution in [2.75, 3.05) is 18.2 Å². The summed E-state index contributed by atoms with van der Waals surface area (Å²) in [6.07, 6.45) is 2.16. The summed E-state index contributed by atoms with van der Waals surface area (Å²) < 4.78 is 12.8. The van der Waals surface area contributed by atoms with Crippen LogP contribution < -0.4 is 10.1 Å². The van der Waals surface area contributed by atoms with Gasteiger partial charge in [0.05, 0.1) is 18.4 Å². The molecule has 2 aromatic heterocycles. The summed E-state index contributed by atoms with van der Waals surface area (Å²) in [5.74, 6) is 0.795. The minimum absolute atomic E-state index is 0.0995. The van der Waals surface area contributed by atoms with Gasteiger partial charge < -0.3 is 14.8 Å². The monoisotopic (exact) mass is 500 g/mol. The number of ether oxygens (including phenoxy) is 2. The van der Waals surface area contributed by atoms with E-state index in [0.717, 1.165) is 22.6 Å². The summed E-state index contributed by atoms with van der Waals surface area (Å²) >= 11 is 2.63. The third kappa shape index (κ3) is 6.06. The maximum atomic E-state index is 12.7. The van der Waals surface area contributed by atoms with Crippen LogP contribution in [0.15, 0.2) is 48.1 Å². The van der Waals surface area contributed by atoms with Gasteiger partial charge in [-0.15, -0.1) is 28.1 Å². The molecule has 8 nitrogen and oxygen atoms in total. The number of aromatic nitrogens is 3. The lowest BCUT2D eigenvalue weighted by Gasteiger charge is -2.17. The number of aryl methyl sites for hydroxylation is 2. The van der Waals surface area contributed by atoms with E-state index >= 15 is 0 Å². The number of thioether (sulfide) groups is 1. The number of anilines is 1. The van der Waals surface area contributed by atoms with E-state index in [2.05, 4.69) is 22.1 Å². The fourth-order valence-electron chi connectivity index (χ4n) is 3.20. The molecular weight excluding hydrogens is 472 g/mol. The quantitative estimate of drug-likeness (QED) is 0.223. The largest absolute Gasteiger partial charge is 0.482 e. The Balaban J connectivity index is 1.70. The molecule has 1 unspecified atom stereocenters. The minimum Gasteiger partial charge on any atom is -0.482 e. The Kier molecular flexibility index (Phi) is 8.89. The molecule has 2 heterocycles. The van der Waals surface area contributed by atoms with Crippen LogP contribution in [0.25, 0.3) is 0 Å². The van der Waals surface area contributed by atoms with Crippen LogP contribution in [0.2, 0.25) is 0 Å². The van der Waals surface area contributed by atoms with E-state index in [1.54, 1.807) is 12.1 Å². The number of nitrogens with zero attached hydrogens (tertiary/aromatic N) is 3. The van der Waals surface area contributed by atoms with Gasteiger partial charge in [0.2, 0.25) is 5.91 Å². The molecule has 1 atom stereocenters. The van der Waals surface area contributed by atoms with E-state index in [-0.39, 0.29) is 17.8 Å². The molecule has 0 aliphatic carbocycles. The maximum Gasteiger partial charge on any atom is 0.340 e. The molecule has 0 fully saturated rings. The molecule has 10 heteroatoms. The lowest BCUT2D eigenvalue weighted by Crippen LogP contribution is -2.16. The zero-order valence-electron chi connectivity index (χ0n) is 19.7. The lowest BCUT2D eigenvalue weighted by molar-refractivity contribution is -0.113. The highest BCUT2D eigenvalue weighted by Gasteiger charge is 2.22. The van der Waals surface area contributed by atoms with E-state index in [4.69, 9.17) is 9.47 Å². The first-order chi connectivity index (χ1) is 16.4. The second-order valence-electron chi connectivity index (χ2n) is 7.40. The summed E-state index contributed by atoms with van der Waals surface area (Å²) in [5.41, 5.74) is 1.39. The number of allylic oxidation sites excluding steroid dienone is 1. The van der Waals surface area contributed by atoms with E-state index in [1.165, 1.54) is 30.2 Å². The number of hydrogen-bond donors (Lipinski definition) is 1. The molecule has 1 N–H and O–H groups in total. The number of carbonyl (C=O) groups excluding carboxylic acids is 2. The molecule has 34 heavy (non-hydrogen) atoms. The molecule has 0 radical (unpaired) electrons. The van der Waals surface area contributed by atoms with E-state index in [9.17, 15) is 9.59 Å². The van der Waals surface area contributed by atoms with Crippen LogP contribution in [0.4, 0.5) is 5.00 Å². The van der Waals surface area contributed by atoms with Gasteiger partial charge >= 0.3 is 5.97 Å². The molecule has 180 valence electrons. The molecular formula is C24H28N4O4S2. The Hall–Kier alpha value is -3.11. The van der Waals surface area contributed by atoms with Crippen molar-refractivity contribution in [1.82, 2.24) is 14.8 Å². The number of esters is 1. The Bertz CT molecular complexity index is 1170. The predicted molar refractivity (Wildman–Crippen MR) is 135 cm³/mol. The number of methoxy groups -OCH3 is 1. The first-order valence-corrected chi connectivity index (χ1v) is 12.6. The smallest absolute Gasteiger partial charge is 0.340 e. The van der Waals surface area contributed by atoms with Gasteiger partial charge in [0, 0.05) is 11.4 Å². The number of rotatable bonds is 11. The Morgan fingerprint density at radius 2 is 2.09 bits per heavy atom. The third-order valence-corrected chi connectivity index (χ3v) is 7.10. The molecule has 0 bridgehead atoms. The molecule has 1 aromatic carbocycles. The second kappa shape index (κ2) is 11.8. The van der Waals surface area contributed by atoms with Gasteiger partial charge in [-0.25, -0.2) is 4.79 Å². The van der Waals surface area contributed by atoms with Crippen molar-refractivity contribution in [2.45, 2.75) is 45.0 Å². The number of thiophene rings is 1. The first-order valence-electron chi connectivity index (χ1n) is 10.8. The Labute approximate surface area is 207 Å². The number of benzene rings is 1. The van der Waals surface area contributed by atoms with Gasteiger partial charge in [0.25, 0.3) is 0 Å². The highest BCUT2D eigenvalue weighted by molar-refractivity contribution is 7.99. The fraction of sp³-hybridized carbons (Fsp3) is 0.333. The van der Waals surface area contributed by atoms with Crippen molar-refractivity contribution in [3.8, 4) is 5.75 Å². The number of amides is 1. The SMILES string of the molecule is C=CCn1c(SCC(=O)Nc2sc(CC)cc2C(=O)OC)nnc1C(C)Oc1ccccc1C. The van der Waals surface area contributed by atoms with Crippen LogP contribution >= 0.6 is 23.1 Å². The standard InChI is InChI=1S/C24H28N4O4S2/c1-6-12-28-21(16(4)32-19-11-9-8-10-15(19)3)26-27-24(28)33-14-20(29)25-22-18(23(30)31-5)13-17(7-2)34-22/h6,8-11,13,16H,1,7,12,14H2,2-5H3,(H,25,29). The summed E-state index contributed by atoms with van der Waals surface area (Å²) in [4.78, 5) is 25.7. The molecule has 0 aliphatic heterocycles. The van der Waals surface area contributed by atoms with Crippen LogP contribution in [0.1, 0.15) is 46.6 Å². The number of nitrogens with one attached hydrogen (secondary N) is 1. The van der Waals surface area contributed by atoms with Crippen LogP contribution in [0, 0.1) is 6.92 Å². The zero-order valence-corrected chi connectivity index (χ0v) is 21.3. The minimum atomic E-state index is -0.475. The summed E-state index contributed by atoms with van der Waals surface area (Å²) in [6.45, 7) is 10.2. The van der Waals surface area contributed by atoms with Crippen molar-refractivity contribution in [2.24, 2.45) is 0 Å².